The summed E-state index contributed by atoms with van der Waals surface area (Å²) in [5.74, 6) is 6.61. The van der Waals surface area contributed by atoms with Crippen LogP contribution in [0.1, 0.15) is 564 Å². The Labute approximate surface area is 912 Å². The van der Waals surface area contributed by atoms with Crippen LogP contribution in [-0.4, -0.2) is 129 Å². The van der Waals surface area contributed by atoms with Gasteiger partial charge < -0.3 is 39.6 Å². The minimum atomic E-state index is -0.553. The first-order valence-corrected chi connectivity index (χ1v) is 62.4. The lowest BCUT2D eigenvalue weighted by Gasteiger charge is -2.56. The largest absolute Gasteiger partial charge is 0.381 e. The van der Waals surface area contributed by atoms with E-state index >= 15 is 0 Å². The monoisotopic (exact) mass is 2070 g/mol. The van der Waals surface area contributed by atoms with Crippen LogP contribution in [0.25, 0.3) is 0 Å². The topological polar surface area (TPSA) is 92.2 Å². The number of rotatable bonds is 0. The van der Waals surface area contributed by atoms with Gasteiger partial charge in [0.1, 0.15) is 6.17 Å². The molecule has 1 atom stereocenters. The van der Waals surface area contributed by atoms with Crippen molar-refractivity contribution in [3.8, 4) is 0 Å². The molecule has 8 nitrogen and oxygen atoms in total. The smallest absolute Gasteiger partial charge is 0.178 e. The molecule has 10 aliphatic rings. The first-order valence-electron chi connectivity index (χ1n) is 59.1. The van der Waals surface area contributed by atoms with Gasteiger partial charge in [0.25, 0.3) is 0 Å². The SMILES string of the molecule is CC(C)(C)C1(C(C)(C)C)CCC(F)CC1.CC(C)(C)C1(C(C)(C)C)CCCCCS1.CC(C)(C)C1(C(C)(C)C)CCCCNC1.CC(C)(C)C1(C(C)(C)C)CCCCSC1.CC(C)(C)C1(C(C)(C)C)CCCNCC1.CC(C)(C)C1(C(C)(C)C)CCCSCC1.CC(C)(C)C1(C(C)(C)C)CN1.CC(C)(C)C1(C(C)(C)C)OCCCO1.CC(C)(C)C1(C(C)(C)C)OCCO1.CC1COCC(C(C)(C)C)(C(C)(C)C)C1. The molecule has 0 spiro atoms. The van der Waals surface area contributed by atoms with Crippen LogP contribution in [0.15, 0.2) is 0 Å². The Kier molecular flexibility index (Phi) is 51.1. The molecule has 0 aromatic carbocycles. The lowest BCUT2D eigenvalue weighted by Crippen LogP contribution is -2.59. The molecule has 0 aromatic heterocycles. The van der Waals surface area contributed by atoms with E-state index in [2.05, 4.69) is 474 Å². The third-order valence-electron chi connectivity index (χ3n) is 39.4. The molecule has 0 radical (unpaired) electrons. The molecule has 1 unspecified atom stereocenters. The van der Waals surface area contributed by atoms with E-state index in [-0.39, 0.29) is 32.5 Å². The van der Waals surface area contributed by atoms with Crippen molar-refractivity contribution in [1.29, 1.82) is 0 Å². The zero-order chi connectivity index (χ0) is 113. The summed E-state index contributed by atoms with van der Waals surface area (Å²) < 4.78 is 43.2. The fraction of sp³-hybridized carbons (Fsp3) is 1.00. The summed E-state index contributed by atoms with van der Waals surface area (Å²) in [4.78, 5) is 0. The van der Waals surface area contributed by atoms with Gasteiger partial charge in [0, 0.05) is 57.1 Å². The van der Waals surface area contributed by atoms with Gasteiger partial charge in [-0.2, -0.15) is 35.3 Å². The van der Waals surface area contributed by atoms with Crippen LogP contribution in [-0.2, 0) is 23.7 Å². The highest BCUT2D eigenvalue weighted by molar-refractivity contribution is 8.00. The predicted octanol–water partition coefficient (Wildman–Crippen LogP) is 40.3. The highest BCUT2D eigenvalue weighted by Crippen LogP contribution is 2.66. The number of ether oxygens (including phenoxy) is 5. The van der Waals surface area contributed by atoms with Crippen molar-refractivity contribution in [1.82, 2.24) is 16.0 Å². The molecule has 3 N–H and O–H groups in total. The van der Waals surface area contributed by atoms with Gasteiger partial charge in [-0.1, -0.05) is 448 Å². The Hall–Kier alpha value is 0.660. The van der Waals surface area contributed by atoms with Crippen molar-refractivity contribution in [2.45, 2.75) is 592 Å². The zero-order valence-corrected chi connectivity index (χ0v) is 112. The average Bonchev–Trinajstić information content (AvgIpc) is 1.55. The van der Waals surface area contributed by atoms with Crippen LogP contribution in [0.2, 0.25) is 0 Å². The number of nitrogens with one attached hydrogen (secondary N) is 3. The molecule has 12 heteroatoms. The van der Waals surface area contributed by atoms with Crippen LogP contribution >= 0.6 is 35.3 Å². The molecule has 9 saturated heterocycles. The van der Waals surface area contributed by atoms with Gasteiger partial charge in [-0.25, -0.2) is 4.39 Å². The van der Waals surface area contributed by atoms with E-state index < -0.39 is 17.7 Å². The molecule has 10 rings (SSSR count). The van der Waals surface area contributed by atoms with Gasteiger partial charge in [0.15, 0.2) is 11.6 Å². The third-order valence-corrected chi connectivity index (χ3v) is 44.2. The Bertz CT molecular complexity index is 3020. The highest BCUT2D eigenvalue weighted by Gasteiger charge is 2.62. The molecular weight excluding hydrogens is 1810 g/mol. The normalized spacial score (nSPS) is 24.1. The Morgan fingerprint density at radius 1 is 0.252 bits per heavy atom. The number of hydrogen-bond acceptors (Lipinski definition) is 11. The van der Waals surface area contributed by atoms with Crippen molar-refractivity contribution in [2.75, 3.05) is 101 Å². The van der Waals surface area contributed by atoms with Gasteiger partial charge in [-0.05, 0) is 284 Å². The third kappa shape index (κ3) is 35.1. The molecule has 9 aliphatic heterocycles. The number of halogens is 1. The maximum atomic E-state index is 13.3. The van der Waals surface area contributed by atoms with E-state index in [9.17, 15) is 4.39 Å². The first-order chi connectivity index (χ1) is 63.4. The molecule has 1 aliphatic carbocycles. The summed E-state index contributed by atoms with van der Waals surface area (Å²) in [5.41, 5.74) is 8.90. The van der Waals surface area contributed by atoms with Crippen LogP contribution in [0.5, 0.6) is 0 Å². The predicted molar refractivity (Wildman–Crippen MR) is 646 cm³/mol. The first kappa shape index (κ1) is 142. The van der Waals surface area contributed by atoms with Gasteiger partial charge >= 0.3 is 0 Å². The molecule has 1 saturated carbocycles. The van der Waals surface area contributed by atoms with Crippen molar-refractivity contribution in [3.05, 3.63) is 0 Å². The molecule has 858 valence electrons. The lowest BCUT2D eigenvalue weighted by molar-refractivity contribution is -0.358. The molecule has 9 heterocycles. The summed E-state index contributed by atoms with van der Waals surface area (Å²) in [5, 5.41) is 10.7. The summed E-state index contributed by atoms with van der Waals surface area (Å²) >= 11 is 6.57. The quantitative estimate of drug-likeness (QED) is 0.203. The van der Waals surface area contributed by atoms with E-state index in [1.54, 1.807) is 0 Å². The Morgan fingerprint density at radius 3 is 0.909 bits per heavy atom. The average molecular weight is 2080 g/mol. The zero-order valence-electron chi connectivity index (χ0n) is 109. The molecular formula is C131H264FN3O5S3. The van der Waals surface area contributed by atoms with Crippen LogP contribution in [0.3, 0.4) is 0 Å². The maximum Gasteiger partial charge on any atom is 0.178 e. The van der Waals surface area contributed by atoms with Crippen molar-refractivity contribution >= 4 is 35.3 Å². The Balaban J connectivity index is 0.000000795. The van der Waals surface area contributed by atoms with Crippen molar-refractivity contribution < 1.29 is 28.1 Å². The Morgan fingerprint density at radius 2 is 0.573 bits per heavy atom. The lowest BCUT2D eigenvalue weighted by atomic mass is 9.49. The van der Waals surface area contributed by atoms with Crippen LogP contribution in [0, 0.1) is 147 Å². The summed E-state index contributed by atoms with van der Waals surface area (Å²) in [7, 11) is 0. The number of alkyl halides is 1. The number of thioether (sulfide) groups is 3. The van der Waals surface area contributed by atoms with E-state index in [0.29, 0.717) is 138 Å². The summed E-state index contributed by atoms with van der Waals surface area (Å²) in [6, 6.07) is 0. The summed E-state index contributed by atoms with van der Waals surface area (Å²) in [6.07, 6.45) is 27.6. The van der Waals surface area contributed by atoms with Crippen LogP contribution < -0.4 is 16.0 Å². The highest BCUT2D eigenvalue weighted by atomic mass is 32.2. The minimum Gasteiger partial charge on any atom is -0.381 e. The fourth-order valence-electron chi connectivity index (χ4n) is 31.5. The summed E-state index contributed by atoms with van der Waals surface area (Å²) in [6.45, 7) is 154. The van der Waals surface area contributed by atoms with Gasteiger partial charge in [-0.3, -0.25) is 0 Å². The molecule has 10 fully saturated rings. The van der Waals surface area contributed by atoms with Gasteiger partial charge in [-0.15, -0.1) is 0 Å². The van der Waals surface area contributed by atoms with E-state index in [0.717, 1.165) is 58.5 Å². The van der Waals surface area contributed by atoms with Crippen LogP contribution in [0.4, 0.5) is 4.39 Å². The minimum absolute atomic E-state index is 0.00562. The van der Waals surface area contributed by atoms with E-state index in [4.69, 9.17) is 23.7 Å². The van der Waals surface area contributed by atoms with E-state index in [1.165, 1.54) is 171 Å². The standard InChI is InChI=1S/C14H27F.2C14H29N.C14H28O.3C14H28S.C12H24O2.C11H22O2.C10H21N/c1-12(2,3)14(13(4,5)6)9-7-11(15)8-10-14;1-12(2,3)14(13(4,5)6)8-7-10-15-11-9-14;1-12(2,3)14(13(4,5)6)9-7-8-10-15-11-14;1-11-8-14(10-15-9-11,12(2,3)4)13(5,6)7;1-12(2,3)14(13(4,5)6)8-7-10-15-11-9-14;1-12(2,3)14(13(4,5)6)9-7-8-10-15-11-14;1-12(2,3)14(13(4,5)6)10-8-7-9-11-15-14;1-10(2,3)12(11(4,5)6)13-8-7-9-14-12;1-9(2,3)11(10(4,5)6)12-7-8-13-11;1-8(2,3)10(7-11-10)9(4,5)6/h11H,7-10H2,1-6H3;2*15H,7-11H2,1-6H3;11H,8-10H2,1-7H3;3*7-11H2,1-6H3;7-9H2,1-6H3;7-8H2,1-6H3;11H,7H2,1-6H3. The van der Waals surface area contributed by atoms with Crippen molar-refractivity contribution in [2.24, 2.45) is 147 Å². The van der Waals surface area contributed by atoms with E-state index in [1.807, 2.05) is 0 Å². The number of hydrogen-bond donors (Lipinski definition) is 3. The fourth-order valence-corrected chi connectivity index (χ4v) is 36.3. The molecule has 0 bridgehead atoms. The molecule has 0 amide bonds. The van der Waals surface area contributed by atoms with Crippen molar-refractivity contribution in [3.63, 3.8) is 0 Å². The van der Waals surface area contributed by atoms with Gasteiger partial charge in [0.2, 0.25) is 0 Å². The van der Waals surface area contributed by atoms with Gasteiger partial charge in [0.05, 0.1) is 33.0 Å². The second-order valence-corrected chi connectivity index (χ2v) is 71.7. The second-order valence-electron chi connectivity index (χ2n) is 67.9. The molecule has 143 heavy (non-hydrogen) atoms. The maximum absolute atomic E-state index is 13.3. The second kappa shape index (κ2) is 51.5. The molecule has 0 aromatic rings.